The van der Waals surface area contributed by atoms with E-state index in [0.717, 1.165) is 37.4 Å². The van der Waals surface area contributed by atoms with Gasteiger partial charge in [0, 0.05) is 24.6 Å². The van der Waals surface area contributed by atoms with Gasteiger partial charge in [0.05, 0.1) is 0 Å². The van der Waals surface area contributed by atoms with Crippen LogP contribution in [0.1, 0.15) is 105 Å². The fraction of sp³-hybridized carbons (Fsp3) is 0.840. The predicted octanol–water partition coefficient (Wildman–Crippen LogP) is 8.48. The minimum Gasteiger partial charge on any atom is -0.403 e. The fourth-order valence-electron chi connectivity index (χ4n) is 2.56. The molecule has 0 aliphatic heterocycles. The Labute approximate surface area is 186 Å². The zero-order valence-electron chi connectivity index (χ0n) is 19.6. The Morgan fingerprint density at radius 1 is 0.821 bits per heavy atom. The summed E-state index contributed by atoms with van der Waals surface area (Å²) in [4.78, 5) is 0. The molecule has 0 heterocycles. The maximum absolute atomic E-state index is 6.56. The van der Waals surface area contributed by atoms with Crippen LogP contribution in [-0.2, 0) is 4.43 Å². The molecule has 0 radical (unpaired) electrons. The molecule has 1 nitrogen and oxygen atoms in total. The zero-order chi connectivity index (χ0) is 21.3. The van der Waals surface area contributed by atoms with Crippen molar-refractivity contribution in [2.24, 2.45) is 0 Å². The van der Waals surface area contributed by atoms with Gasteiger partial charge in [0.1, 0.15) is 6.10 Å². The SMILES string of the molecule is CCCC[C@H](C#CCCCCCCCC#CCCCBr)O[Si](C)(C)C(C)(C)C. The second-order valence-electron chi connectivity index (χ2n) is 9.24. The number of hydrogen-bond donors (Lipinski definition) is 0. The Morgan fingerprint density at radius 3 is 1.89 bits per heavy atom. The van der Waals surface area contributed by atoms with Gasteiger partial charge in [0.25, 0.3) is 0 Å². The van der Waals surface area contributed by atoms with Crippen molar-refractivity contribution in [3.05, 3.63) is 0 Å². The lowest BCUT2D eigenvalue weighted by molar-refractivity contribution is 0.220. The molecule has 0 amide bonds. The smallest absolute Gasteiger partial charge is 0.193 e. The van der Waals surface area contributed by atoms with Crippen LogP contribution in [0.4, 0.5) is 0 Å². The third-order valence-corrected chi connectivity index (χ3v) is 10.5. The first-order valence-electron chi connectivity index (χ1n) is 11.4. The van der Waals surface area contributed by atoms with Crippen LogP contribution in [0.25, 0.3) is 0 Å². The highest BCUT2D eigenvalue weighted by molar-refractivity contribution is 9.09. The molecule has 0 saturated carbocycles. The summed E-state index contributed by atoms with van der Waals surface area (Å²) in [5.41, 5.74) is 0. The first kappa shape index (κ1) is 27.8. The molecule has 0 aliphatic carbocycles. The molecule has 0 fully saturated rings. The molecular formula is C25H45BrOSi. The van der Waals surface area contributed by atoms with Crippen LogP contribution in [0.15, 0.2) is 0 Å². The van der Waals surface area contributed by atoms with Crippen LogP contribution in [0, 0.1) is 23.7 Å². The molecule has 0 bridgehead atoms. The van der Waals surface area contributed by atoms with Crippen LogP contribution < -0.4 is 0 Å². The van der Waals surface area contributed by atoms with Gasteiger partial charge in [-0.1, -0.05) is 81.6 Å². The average molecular weight is 470 g/mol. The topological polar surface area (TPSA) is 9.23 Å². The summed E-state index contributed by atoms with van der Waals surface area (Å²) in [7, 11) is -1.74. The number of hydrogen-bond acceptors (Lipinski definition) is 1. The highest BCUT2D eigenvalue weighted by Gasteiger charge is 2.38. The summed E-state index contributed by atoms with van der Waals surface area (Å²) >= 11 is 3.43. The molecule has 0 aromatic rings. The van der Waals surface area contributed by atoms with Crippen LogP contribution >= 0.6 is 15.9 Å². The molecular weight excluding hydrogens is 424 g/mol. The van der Waals surface area contributed by atoms with Gasteiger partial charge in [-0.15, -0.1) is 17.8 Å². The Kier molecular flexibility index (Phi) is 16.4. The van der Waals surface area contributed by atoms with Crippen molar-refractivity contribution in [3.8, 4) is 23.7 Å². The van der Waals surface area contributed by atoms with Crippen LogP contribution in [-0.4, -0.2) is 19.8 Å². The van der Waals surface area contributed by atoms with E-state index in [2.05, 4.69) is 80.4 Å². The summed E-state index contributed by atoms with van der Waals surface area (Å²) in [5.74, 6) is 13.4. The van der Waals surface area contributed by atoms with Gasteiger partial charge in [0.15, 0.2) is 8.32 Å². The molecule has 3 heteroatoms. The van der Waals surface area contributed by atoms with Gasteiger partial charge in [-0.3, -0.25) is 0 Å². The third-order valence-electron chi connectivity index (χ3n) is 5.49. The number of halogens is 1. The molecule has 0 spiro atoms. The lowest BCUT2D eigenvalue weighted by atomic mass is 10.1. The summed E-state index contributed by atoms with van der Waals surface area (Å²) in [6.07, 6.45) is 14.2. The standard InChI is InChI=1S/C25H45BrOSi/c1-7-8-21-24(27-28(5,6)25(2,3)4)22-19-17-15-13-11-9-10-12-14-16-18-20-23-26/h24H,7-13,15,17-18,20-21,23H2,1-6H3/t24-/m1/s1. The number of unbranched alkanes of at least 4 members (excludes halogenated alkanes) is 8. The molecule has 0 aromatic carbocycles. The van der Waals surface area contributed by atoms with E-state index < -0.39 is 8.32 Å². The van der Waals surface area contributed by atoms with E-state index in [4.69, 9.17) is 4.43 Å². The van der Waals surface area contributed by atoms with Gasteiger partial charge >= 0.3 is 0 Å². The second-order valence-corrected chi connectivity index (χ2v) is 14.8. The van der Waals surface area contributed by atoms with Crippen molar-refractivity contribution in [1.29, 1.82) is 0 Å². The zero-order valence-corrected chi connectivity index (χ0v) is 22.1. The number of alkyl halides is 1. The molecule has 162 valence electrons. The normalized spacial score (nSPS) is 12.7. The van der Waals surface area contributed by atoms with Crippen LogP contribution in [0.2, 0.25) is 18.1 Å². The molecule has 0 aromatic heterocycles. The van der Waals surface area contributed by atoms with E-state index in [9.17, 15) is 0 Å². The first-order valence-corrected chi connectivity index (χ1v) is 15.5. The minimum atomic E-state index is -1.74. The van der Waals surface area contributed by atoms with E-state index in [1.807, 2.05) is 0 Å². The van der Waals surface area contributed by atoms with Crippen molar-refractivity contribution in [1.82, 2.24) is 0 Å². The van der Waals surface area contributed by atoms with Crippen molar-refractivity contribution in [2.45, 2.75) is 129 Å². The van der Waals surface area contributed by atoms with Gasteiger partial charge < -0.3 is 4.43 Å². The molecule has 28 heavy (non-hydrogen) atoms. The average Bonchev–Trinajstić information content (AvgIpc) is 2.62. The van der Waals surface area contributed by atoms with Crippen molar-refractivity contribution in [3.63, 3.8) is 0 Å². The van der Waals surface area contributed by atoms with Crippen molar-refractivity contribution in [2.75, 3.05) is 5.33 Å². The summed E-state index contributed by atoms with van der Waals surface area (Å²) in [6, 6.07) is 0. The second kappa shape index (κ2) is 16.6. The highest BCUT2D eigenvalue weighted by atomic mass is 79.9. The lowest BCUT2D eigenvalue weighted by Crippen LogP contribution is -2.43. The van der Waals surface area contributed by atoms with Crippen molar-refractivity contribution < 1.29 is 4.43 Å². The third kappa shape index (κ3) is 14.7. The van der Waals surface area contributed by atoms with Gasteiger partial charge in [0.2, 0.25) is 0 Å². The Bertz CT molecular complexity index is 499. The van der Waals surface area contributed by atoms with Crippen molar-refractivity contribution >= 4 is 24.2 Å². The van der Waals surface area contributed by atoms with E-state index in [1.165, 1.54) is 44.9 Å². The summed E-state index contributed by atoms with van der Waals surface area (Å²) in [6.45, 7) is 13.8. The van der Waals surface area contributed by atoms with Gasteiger partial charge in [-0.25, -0.2) is 0 Å². The van der Waals surface area contributed by atoms with Crippen LogP contribution in [0.5, 0.6) is 0 Å². The largest absolute Gasteiger partial charge is 0.403 e. The fourth-order valence-corrected chi connectivity index (χ4v) is 4.08. The highest BCUT2D eigenvalue weighted by Crippen LogP contribution is 2.37. The Balaban J connectivity index is 4.07. The molecule has 0 saturated heterocycles. The molecule has 0 rings (SSSR count). The molecule has 0 aliphatic rings. The van der Waals surface area contributed by atoms with E-state index in [-0.39, 0.29) is 11.1 Å². The predicted molar refractivity (Wildman–Crippen MR) is 132 cm³/mol. The van der Waals surface area contributed by atoms with Crippen LogP contribution in [0.3, 0.4) is 0 Å². The lowest BCUT2D eigenvalue weighted by Gasteiger charge is -2.38. The Morgan fingerprint density at radius 2 is 1.36 bits per heavy atom. The molecule has 0 unspecified atom stereocenters. The molecule has 0 N–H and O–H groups in total. The van der Waals surface area contributed by atoms with E-state index in [0.29, 0.717) is 0 Å². The maximum Gasteiger partial charge on any atom is 0.193 e. The van der Waals surface area contributed by atoms with E-state index >= 15 is 0 Å². The number of rotatable bonds is 13. The first-order chi connectivity index (χ1) is 13.2. The van der Waals surface area contributed by atoms with E-state index in [1.54, 1.807) is 0 Å². The summed E-state index contributed by atoms with van der Waals surface area (Å²) < 4.78 is 6.56. The maximum atomic E-state index is 6.56. The monoisotopic (exact) mass is 468 g/mol. The van der Waals surface area contributed by atoms with Gasteiger partial charge in [-0.05, 0) is 43.8 Å². The molecule has 1 atom stereocenters. The minimum absolute atomic E-state index is 0.129. The summed E-state index contributed by atoms with van der Waals surface area (Å²) in [5, 5.41) is 1.31. The quantitative estimate of drug-likeness (QED) is 0.114. The van der Waals surface area contributed by atoms with Gasteiger partial charge in [-0.2, -0.15) is 0 Å². The Hall–Kier alpha value is -0.223.